The smallest absolute Gasteiger partial charge is 0.550 e. The summed E-state index contributed by atoms with van der Waals surface area (Å²) < 4.78 is 0. The molecule has 0 saturated heterocycles. The topological polar surface area (TPSA) is 267 Å². The van der Waals surface area contributed by atoms with E-state index >= 15 is 0 Å². The zero-order chi connectivity index (χ0) is 16.6. The number of rotatable bonds is 11. The van der Waals surface area contributed by atoms with E-state index in [0.717, 1.165) is 0 Å². The van der Waals surface area contributed by atoms with Gasteiger partial charge in [0, 0.05) is 42.8 Å². The SMILES string of the molecule is NCC(CC(=O)[O-])C(CC(=O)[O-])(CC(=O)[O-])NCC(=O)[O-].O.[Fe+3].[NH4+]. The molecule has 0 rings (SSSR count). The van der Waals surface area contributed by atoms with Crippen molar-refractivity contribution >= 4 is 23.9 Å². The Morgan fingerprint density at radius 3 is 1.58 bits per heavy atom. The predicted molar refractivity (Wildman–Crippen MR) is 66.8 cm³/mol. The molecular formula is C11H20FeN3O9. The van der Waals surface area contributed by atoms with Crippen LogP contribution in [0.1, 0.15) is 19.3 Å². The molecule has 1 atom stereocenters. The molecule has 12 nitrogen and oxygen atoms in total. The van der Waals surface area contributed by atoms with Gasteiger partial charge in [0.2, 0.25) is 0 Å². The van der Waals surface area contributed by atoms with E-state index in [4.69, 9.17) is 5.73 Å². The van der Waals surface area contributed by atoms with Gasteiger partial charge in [0.1, 0.15) is 0 Å². The van der Waals surface area contributed by atoms with Crippen LogP contribution in [0.5, 0.6) is 0 Å². The number of carbonyl (C=O) groups is 4. The molecule has 1 radical (unpaired) electrons. The van der Waals surface area contributed by atoms with Crippen LogP contribution in [0.25, 0.3) is 0 Å². The summed E-state index contributed by atoms with van der Waals surface area (Å²) in [5.41, 5.74) is 3.38. The summed E-state index contributed by atoms with van der Waals surface area (Å²) in [6.45, 7) is -1.32. The van der Waals surface area contributed by atoms with Gasteiger partial charge in [-0.25, -0.2) is 0 Å². The van der Waals surface area contributed by atoms with Gasteiger partial charge in [-0.05, 0) is 18.9 Å². The third-order valence-electron chi connectivity index (χ3n) is 2.98. The van der Waals surface area contributed by atoms with Crippen molar-refractivity contribution in [2.75, 3.05) is 13.1 Å². The summed E-state index contributed by atoms with van der Waals surface area (Å²) in [4.78, 5) is 42.8. The van der Waals surface area contributed by atoms with E-state index in [9.17, 15) is 39.6 Å². The Labute approximate surface area is 147 Å². The van der Waals surface area contributed by atoms with Gasteiger partial charge in [0.25, 0.3) is 0 Å². The number of hydrogen-bond acceptors (Lipinski definition) is 10. The number of quaternary nitrogens is 1. The fourth-order valence-electron chi connectivity index (χ4n) is 2.09. The fraction of sp³-hybridized carbons (Fsp3) is 0.636. The van der Waals surface area contributed by atoms with Crippen LogP contribution in [0, 0.1) is 5.92 Å². The standard InChI is InChI=1S/C11H18N2O8.Fe.H3N.H2O/c12-4-6(1-7(14)15)11(2-8(16)17,3-9(18)19)13-5-10(20)21;;;/h6,13H,1-5,12H2,(H,14,15)(H,16,17)(H,18,19)(H,20,21);;1H3;1H2/q;+3;;/p-3. The van der Waals surface area contributed by atoms with Gasteiger partial charge < -0.3 is 62.3 Å². The second kappa shape index (κ2) is 13.7. The molecule has 0 saturated carbocycles. The van der Waals surface area contributed by atoms with E-state index in [1.165, 1.54) is 0 Å². The van der Waals surface area contributed by atoms with Crippen molar-refractivity contribution in [3.05, 3.63) is 0 Å². The summed E-state index contributed by atoms with van der Waals surface area (Å²) in [5, 5.41) is 45.0. The van der Waals surface area contributed by atoms with E-state index in [1.54, 1.807) is 0 Å². The Morgan fingerprint density at radius 1 is 0.917 bits per heavy atom. The van der Waals surface area contributed by atoms with Crippen molar-refractivity contribution < 1.29 is 62.1 Å². The number of aliphatic carboxylic acids is 4. The van der Waals surface area contributed by atoms with Crippen LogP contribution in [-0.4, -0.2) is 48.0 Å². The van der Waals surface area contributed by atoms with Gasteiger partial charge in [-0.1, -0.05) is 0 Å². The van der Waals surface area contributed by atoms with E-state index in [2.05, 4.69) is 5.32 Å². The van der Waals surface area contributed by atoms with Crippen LogP contribution < -0.4 is 37.6 Å². The summed E-state index contributed by atoms with van der Waals surface area (Å²) in [6.07, 6.45) is -2.70. The van der Waals surface area contributed by atoms with Crippen LogP contribution in [0.15, 0.2) is 0 Å². The van der Waals surface area contributed by atoms with Crippen LogP contribution >= 0.6 is 0 Å². The third-order valence-corrected chi connectivity index (χ3v) is 2.98. The molecule has 0 aliphatic carbocycles. The molecule has 0 bridgehead atoms. The summed E-state index contributed by atoms with van der Waals surface area (Å²) in [5.74, 6) is -7.88. The van der Waals surface area contributed by atoms with E-state index in [-0.39, 0.29) is 28.7 Å². The minimum Gasteiger partial charge on any atom is -0.550 e. The quantitative estimate of drug-likeness (QED) is 0.278. The fourth-order valence-corrected chi connectivity index (χ4v) is 2.09. The molecule has 141 valence electrons. The van der Waals surface area contributed by atoms with Crippen LogP contribution in [0.2, 0.25) is 0 Å². The van der Waals surface area contributed by atoms with Crippen molar-refractivity contribution in [3.8, 4) is 0 Å². The molecule has 24 heavy (non-hydrogen) atoms. The number of carboxylic acids is 4. The second-order valence-corrected chi connectivity index (χ2v) is 4.49. The predicted octanol–water partition coefficient (Wildman–Crippen LogP) is -7.39. The first-order valence-electron chi connectivity index (χ1n) is 5.87. The molecule has 0 heterocycles. The van der Waals surface area contributed by atoms with Gasteiger partial charge in [-0.2, -0.15) is 0 Å². The molecule has 0 aliphatic rings. The van der Waals surface area contributed by atoms with Crippen molar-refractivity contribution in [2.45, 2.75) is 24.8 Å². The average Bonchev–Trinajstić information content (AvgIpc) is 2.31. The largest absolute Gasteiger partial charge is 3.00 e. The molecular weight excluding hydrogens is 374 g/mol. The zero-order valence-electron chi connectivity index (χ0n) is 12.8. The molecule has 0 spiro atoms. The Morgan fingerprint density at radius 2 is 1.33 bits per heavy atom. The van der Waals surface area contributed by atoms with Crippen LogP contribution in [0.4, 0.5) is 0 Å². The number of carbonyl (C=O) groups excluding carboxylic acids is 4. The molecule has 0 aromatic heterocycles. The van der Waals surface area contributed by atoms with E-state index in [1.807, 2.05) is 0 Å². The zero-order valence-corrected chi connectivity index (χ0v) is 13.9. The summed E-state index contributed by atoms with van der Waals surface area (Å²) >= 11 is 0. The first-order chi connectivity index (χ1) is 9.62. The normalized spacial score (nSPS) is 11.0. The van der Waals surface area contributed by atoms with Gasteiger partial charge in [0.05, 0.1) is 5.97 Å². The molecule has 0 amide bonds. The first kappa shape index (κ1) is 30.2. The molecule has 0 aromatic rings. The summed E-state index contributed by atoms with van der Waals surface area (Å²) in [6, 6.07) is 0. The minimum atomic E-state index is -1.97. The van der Waals surface area contributed by atoms with Crippen molar-refractivity contribution in [3.63, 3.8) is 0 Å². The maximum Gasteiger partial charge on any atom is 3.00 e. The first-order valence-corrected chi connectivity index (χ1v) is 5.87. The molecule has 0 fully saturated rings. The Balaban J connectivity index is -0.000000667. The van der Waals surface area contributed by atoms with Crippen molar-refractivity contribution in [2.24, 2.45) is 11.7 Å². The van der Waals surface area contributed by atoms with Gasteiger partial charge in [0.15, 0.2) is 0 Å². The molecule has 13 heteroatoms. The average molecular weight is 394 g/mol. The van der Waals surface area contributed by atoms with Crippen LogP contribution in [-0.2, 0) is 36.2 Å². The Kier molecular flexibility index (Phi) is 17.2. The van der Waals surface area contributed by atoms with Crippen LogP contribution in [0.3, 0.4) is 0 Å². The molecule has 1 unspecified atom stereocenters. The number of carboxylic acid groups (broad SMARTS) is 4. The maximum atomic E-state index is 10.8. The maximum absolute atomic E-state index is 10.8. The monoisotopic (exact) mass is 394 g/mol. The van der Waals surface area contributed by atoms with Gasteiger partial charge >= 0.3 is 17.1 Å². The molecule has 0 aliphatic heterocycles. The van der Waals surface area contributed by atoms with E-state index < -0.39 is 67.7 Å². The summed E-state index contributed by atoms with van der Waals surface area (Å²) in [7, 11) is 0. The molecule has 9 N–H and O–H groups in total. The number of hydrogen-bond donors (Lipinski definition) is 3. The number of nitrogens with two attached hydrogens (primary N) is 1. The Hall–Kier alpha value is -1.76. The minimum absolute atomic E-state index is 0. The second-order valence-electron chi connectivity index (χ2n) is 4.49. The van der Waals surface area contributed by atoms with E-state index in [0.29, 0.717) is 0 Å². The van der Waals surface area contributed by atoms with Gasteiger partial charge in [-0.3, -0.25) is 0 Å². The molecule has 0 aromatic carbocycles. The van der Waals surface area contributed by atoms with Crippen molar-refractivity contribution in [1.29, 1.82) is 0 Å². The number of nitrogens with one attached hydrogen (secondary N) is 1. The Bertz CT molecular complexity index is 417. The third kappa shape index (κ3) is 10.9. The van der Waals surface area contributed by atoms with Crippen molar-refractivity contribution in [1.82, 2.24) is 11.5 Å². The van der Waals surface area contributed by atoms with Gasteiger partial charge in [-0.15, -0.1) is 0 Å².